The van der Waals surface area contributed by atoms with E-state index in [-0.39, 0.29) is 6.03 Å². The first kappa shape index (κ1) is 13.9. The van der Waals surface area contributed by atoms with Crippen LogP contribution < -0.4 is 10.1 Å². The van der Waals surface area contributed by atoms with Gasteiger partial charge in [0.15, 0.2) is 0 Å². The predicted molar refractivity (Wildman–Crippen MR) is 77.7 cm³/mol. The second kappa shape index (κ2) is 6.56. The smallest absolute Gasteiger partial charge is 0.321 e. The van der Waals surface area contributed by atoms with Gasteiger partial charge in [-0.2, -0.15) is 0 Å². The third-order valence-corrected chi connectivity index (χ3v) is 2.62. The first-order valence-corrected chi connectivity index (χ1v) is 6.26. The number of ether oxygens (including phenoxy) is 1. The number of carbonyl (C=O) groups is 1. The number of pyridine rings is 1. The summed E-state index contributed by atoms with van der Waals surface area (Å²) < 4.78 is 5.61. The summed E-state index contributed by atoms with van der Waals surface area (Å²) in [6.45, 7) is 0.421. The third-order valence-electron chi connectivity index (χ3n) is 2.62. The molecule has 2 rings (SSSR count). The Hall–Kier alpha value is -2.56. The number of anilines is 1. The van der Waals surface area contributed by atoms with Gasteiger partial charge in [0.05, 0.1) is 5.69 Å². The predicted octanol–water partition coefficient (Wildman–Crippen LogP) is 2.75. The van der Waals surface area contributed by atoms with Crippen LogP contribution in [0.5, 0.6) is 5.75 Å². The van der Waals surface area contributed by atoms with Gasteiger partial charge in [-0.3, -0.25) is 4.98 Å². The summed E-state index contributed by atoms with van der Waals surface area (Å²) in [5.41, 5.74) is 1.60. The molecule has 0 radical (unpaired) electrons. The van der Waals surface area contributed by atoms with E-state index < -0.39 is 0 Å². The highest BCUT2D eigenvalue weighted by molar-refractivity contribution is 5.88. The van der Waals surface area contributed by atoms with Crippen LogP contribution in [0.2, 0.25) is 0 Å². The highest BCUT2D eigenvalue weighted by Crippen LogP contribution is 2.16. The Labute approximate surface area is 118 Å². The van der Waals surface area contributed by atoms with Gasteiger partial charge >= 0.3 is 6.03 Å². The van der Waals surface area contributed by atoms with Gasteiger partial charge in [0, 0.05) is 26.0 Å². The number of rotatable bonds is 4. The van der Waals surface area contributed by atoms with Crippen LogP contribution in [0.15, 0.2) is 48.7 Å². The van der Waals surface area contributed by atoms with Crippen molar-refractivity contribution < 1.29 is 9.53 Å². The Morgan fingerprint density at radius 3 is 2.55 bits per heavy atom. The average Bonchev–Trinajstić information content (AvgIpc) is 2.47. The quantitative estimate of drug-likeness (QED) is 0.930. The molecule has 0 bridgehead atoms. The van der Waals surface area contributed by atoms with Gasteiger partial charge in [-0.05, 0) is 36.4 Å². The molecular weight excluding hydrogens is 254 g/mol. The third kappa shape index (κ3) is 3.98. The van der Waals surface area contributed by atoms with Crippen LogP contribution in [0, 0.1) is 0 Å². The fraction of sp³-hybridized carbons (Fsp3) is 0.200. The maximum atomic E-state index is 11.5. The molecule has 1 heterocycles. The van der Waals surface area contributed by atoms with Crippen molar-refractivity contribution >= 4 is 11.7 Å². The molecule has 0 atom stereocenters. The number of nitrogens with one attached hydrogen (secondary N) is 1. The summed E-state index contributed by atoms with van der Waals surface area (Å²) in [5.74, 6) is 0.735. The lowest BCUT2D eigenvalue weighted by atomic mass is 10.3. The lowest BCUT2D eigenvalue weighted by Gasteiger charge is -2.12. The minimum Gasteiger partial charge on any atom is -0.487 e. The SMILES string of the molecule is CN(C)C(=O)Nc1ccc(OCc2ccccn2)cc1. The molecule has 20 heavy (non-hydrogen) atoms. The Bertz CT molecular complexity index is 553. The molecule has 0 aliphatic carbocycles. The second-order valence-corrected chi connectivity index (χ2v) is 4.46. The van der Waals surface area contributed by atoms with Crippen LogP contribution in [0.1, 0.15) is 5.69 Å². The van der Waals surface area contributed by atoms with E-state index in [9.17, 15) is 4.79 Å². The fourth-order valence-corrected chi connectivity index (χ4v) is 1.51. The summed E-state index contributed by atoms with van der Waals surface area (Å²) >= 11 is 0. The standard InChI is InChI=1S/C15H17N3O2/c1-18(2)15(19)17-12-6-8-14(9-7-12)20-11-13-5-3-4-10-16-13/h3-10H,11H2,1-2H3,(H,17,19). The molecule has 2 amide bonds. The van der Waals surface area contributed by atoms with Crippen molar-refractivity contribution in [2.45, 2.75) is 6.61 Å². The van der Waals surface area contributed by atoms with E-state index in [2.05, 4.69) is 10.3 Å². The number of amides is 2. The molecule has 0 saturated heterocycles. The molecule has 0 aliphatic heterocycles. The van der Waals surface area contributed by atoms with Crippen LogP contribution in [0.4, 0.5) is 10.5 Å². The number of carbonyl (C=O) groups excluding carboxylic acids is 1. The maximum absolute atomic E-state index is 11.5. The van der Waals surface area contributed by atoms with E-state index >= 15 is 0 Å². The molecule has 104 valence electrons. The molecule has 5 nitrogen and oxygen atoms in total. The topological polar surface area (TPSA) is 54.5 Å². The van der Waals surface area contributed by atoms with E-state index in [1.54, 1.807) is 32.4 Å². The lowest BCUT2D eigenvalue weighted by Crippen LogP contribution is -2.27. The van der Waals surface area contributed by atoms with Crippen molar-refractivity contribution in [3.05, 3.63) is 54.4 Å². The number of aromatic nitrogens is 1. The van der Waals surface area contributed by atoms with E-state index in [4.69, 9.17) is 4.74 Å². The highest BCUT2D eigenvalue weighted by Gasteiger charge is 2.03. The molecular formula is C15H17N3O2. The van der Waals surface area contributed by atoms with Gasteiger partial charge in [0.2, 0.25) is 0 Å². The molecule has 1 aromatic heterocycles. The van der Waals surface area contributed by atoms with E-state index in [1.807, 2.05) is 30.3 Å². The van der Waals surface area contributed by atoms with Gasteiger partial charge in [0.1, 0.15) is 12.4 Å². The van der Waals surface area contributed by atoms with Crippen LogP contribution >= 0.6 is 0 Å². The number of hydrogen-bond donors (Lipinski definition) is 1. The summed E-state index contributed by atoms with van der Waals surface area (Å²) in [7, 11) is 3.39. The number of nitrogens with zero attached hydrogens (tertiary/aromatic N) is 2. The fourth-order valence-electron chi connectivity index (χ4n) is 1.51. The zero-order chi connectivity index (χ0) is 14.4. The van der Waals surface area contributed by atoms with Crippen LogP contribution in [-0.4, -0.2) is 30.0 Å². The minimum absolute atomic E-state index is 0.160. The van der Waals surface area contributed by atoms with Crippen molar-refractivity contribution in [2.24, 2.45) is 0 Å². The second-order valence-electron chi connectivity index (χ2n) is 4.46. The van der Waals surface area contributed by atoms with Gasteiger partial charge in [-0.1, -0.05) is 6.07 Å². The summed E-state index contributed by atoms with van der Waals surface area (Å²) in [4.78, 5) is 17.1. The van der Waals surface area contributed by atoms with Gasteiger partial charge < -0.3 is 15.0 Å². The van der Waals surface area contributed by atoms with Crippen molar-refractivity contribution in [3.63, 3.8) is 0 Å². The monoisotopic (exact) mass is 271 g/mol. The number of benzene rings is 1. The van der Waals surface area contributed by atoms with E-state index in [0.29, 0.717) is 6.61 Å². The van der Waals surface area contributed by atoms with Gasteiger partial charge in [-0.25, -0.2) is 4.79 Å². The Morgan fingerprint density at radius 1 is 1.20 bits per heavy atom. The van der Waals surface area contributed by atoms with Crippen molar-refractivity contribution in [1.29, 1.82) is 0 Å². The summed E-state index contributed by atoms with van der Waals surface area (Å²) in [6, 6.07) is 12.8. The van der Waals surface area contributed by atoms with Crippen molar-refractivity contribution in [3.8, 4) is 5.75 Å². The highest BCUT2D eigenvalue weighted by atomic mass is 16.5. The maximum Gasteiger partial charge on any atom is 0.321 e. The normalized spacial score (nSPS) is 9.90. The molecule has 2 aromatic rings. The summed E-state index contributed by atoms with van der Waals surface area (Å²) in [6.07, 6.45) is 1.73. The molecule has 1 N–H and O–H groups in total. The zero-order valence-corrected chi connectivity index (χ0v) is 11.5. The molecule has 0 spiro atoms. The molecule has 0 saturated carbocycles. The minimum atomic E-state index is -0.160. The summed E-state index contributed by atoms with van der Waals surface area (Å²) in [5, 5.41) is 2.76. The average molecular weight is 271 g/mol. The Balaban J connectivity index is 1.90. The first-order chi connectivity index (χ1) is 9.65. The van der Waals surface area contributed by atoms with Crippen molar-refractivity contribution in [1.82, 2.24) is 9.88 Å². The number of hydrogen-bond acceptors (Lipinski definition) is 3. The van der Waals surface area contributed by atoms with Crippen molar-refractivity contribution in [2.75, 3.05) is 19.4 Å². The molecule has 5 heteroatoms. The molecule has 0 fully saturated rings. The first-order valence-electron chi connectivity index (χ1n) is 6.26. The van der Waals surface area contributed by atoms with Crippen LogP contribution in [0.25, 0.3) is 0 Å². The Morgan fingerprint density at radius 2 is 1.95 bits per heavy atom. The Kier molecular flexibility index (Phi) is 4.55. The van der Waals surface area contributed by atoms with Crippen LogP contribution in [-0.2, 0) is 6.61 Å². The van der Waals surface area contributed by atoms with Gasteiger partial charge in [-0.15, -0.1) is 0 Å². The largest absolute Gasteiger partial charge is 0.487 e. The molecule has 0 unspecified atom stereocenters. The lowest BCUT2D eigenvalue weighted by molar-refractivity contribution is 0.230. The van der Waals surface area contributed by atoms with Crippen LogP contribution in [0.3, 0.4) is 0 Å². The van der Waals surface area contributed by atoms with E-state index in [1.165, 1.54) is 4.90 Å². The zero-order valence-electron chi connectivity index (χ0n) is 11.5. The molecule has 1 aromatic carbocycles. The molecule has 0 aliphatic rings. The van der Waals surface area contributed by atoms with E-state index in [0.717, 1.165) is 17.1 Å². The number of urea groups is 1. The van der Waals surface area contributed by atoms with Gasteiger partial charge in [0.25, 0.3) is 0 Å².